The number of hydrogen-bond acceptors (Lipinski definition) is 4. The lowest BCUT2D eigenvalue weighted by molar-refractivity contribution is 0.193. The molecule has 2 unspecified atom stereocenters. The molecule has 0 heterocycles. The first-order valence-corrected chi connectivity index (χ1v) is 7.34. The van der Waals surface area contributed by atoms with Gasteiger partial charge < -0.3 is 15.9 Å². The Balaban J connectivity index is 0.000000240. The van der Waals surface area contributed by atoms with Gasteiger partial charge in [-0.15, -0.1) is 0 Å². The van der Waals surface area contributed by atoms with Crippen LogP contribution in [0.2, 0.25) is 0 Å². The summed E-state index contributed by atoms with van der Waals surface area (Å²) in [5, 5.41) is 26.7. The van der Waals surface area contributed by atoms with Crippen molar-refractivity contribution in [3.63, 3.8) is 0 Å². The Hall–Kier alpha value is -2.33. The fourth-order valence-corrected chi connectivity index (χ4v) is 1.97. The molecule has 4 N–H and O–H groups in total. The van der Waals surface area contributed by atoms with E-state index in [2.05, 4.69) is 0 Å². The molecule has 0 aromatic heterocycles. The topological polar surface area (TPSA) is 90.3 Å². The predicted molar refractivity (Wildman–Crippen MR) is 86.7 cm³/mol. The van der Waals surface area contributed by atoms with Crippen molar-refractivity contribution in [3.8, 4) is 6.07 Å². The van der Waals surface area contributed by atoms with Gasteiger partial charge in [0.1, 0.15) is 11.6 Å². The van der Waals surface area contributed by atoms with E-state index in [1.54, 1.807) is 12.1 Å². The lowest BCUT2D eigenvalue weighted by Gasteiger charge is -2.07. The number of aliphatic hydroxyl groups excluding tert-OH is 2. The maximum absolute atomic E-state index is 13.0. The van der Waals surface area contributed by atoms with Crippen LogP contribution in [0.1, 0.15) is 48.3 Å². The van der Waals surface area contributed by atoms with E-state index in [1.807, 2.05) is 6.07 Å². The van der Waals surface area contributed by atoms with E-state index in [0.29, 0.717) is 17.7 Å². The minimum absolute atomic E-state index is 0.161. The second-order valence-electron chi connectivity index (χ2n) is 5.26. The Morgan fingerprint density at radius 1 is 1.00 bits per heavy atom. The monoisotopic (exact) mass is 334 g/mol. The smallest absolute Gasteiger partial charge is 0.129 e. The maximum Gasteiger partial charge on any atom is 0.129 e. The van der Waals surface area contributed by atoms with Crippen molar-refractivity contribution >= 4 is 0 Å². The molecule has 2 aromatic carbocycles. The zero-order valence-corrected chi connectivity index (χ0v) is 13.5. The molecule has 0 aliphatic carbocycles. The second kappa shape index (κ2) is 9.08. The zero-order valence-electron chi connectivity index (χ0n) is 13.5. The summed E-state index contributed by atoms with van der Waals surface area (Å²) >= 11 is 0. The van der Waals surface area contributed by atoms with Crippen molar-refractivity contribution in [2.45, 2.75) is 32.6 Å². The Morgan fingerprint density at radius 3 is 1.96 bits per heavy atom. The van der Waals surface area contributed by atoms with Gasteiger partial charge in [0, 0.05) is 17.7 Å². The number of nitrogens with zero attached hydrogens (tertiary/aromatic N) is 1. The molecule has 6 heteroatoms. The number of nitrogens with two attached hydrogens (primary N) is 1. The maximum atomic E-state index is 13.0. The standard InChI is InChI=1S/C9H12FNO.C9H8FNO/c2*1-6(12)8-4-7(5-11)2-3-9(8)10/h2-4,6,12H,5,11H2,1H3;2-4,6,12H,1H3. The van der Waals surface area contributed by atoms with E-state index in [1.165, 1.54) is 38.1 Å². The minimum atomic E-state index is -0.877. The molecule has 0 saturated carbocycles. The van der Waals surface area contributed by atoms with E-state index >= 15 is 0 Å². The lowest BCUT2D eigenvalue weighted by Crippen LogP contribution is -2.01. The van der Waals surface area contributed by atoms with Crippen LogP contribution in [0.15, 0.2) is 36.4 Å². The molecule has 2 aromatic rings. The van der Waals surface area contributed by atoms with Gasteiger partial charge in [-0.25, -0.2) is 8.78 Å². The average Bonchev–Trinajstić information content (AvgIpc) is 2.56. The second-order valence-corrected chi connectivity index (χ2v) is 5.26. The van der Waals surface area contributed by atoms with Crippen molar-refractivity contribution in [1.82, 2.24) is 0 Å². The van der Waals surface area contributed by atoms with Crippen molar-refractivity contribution in [2.75, 3.05) is 0 Å². The summed E-state index contributed by atoms with van der Waals surface area (Å²) < 4.78 is 25.8. The summed E-state index contributed by atoms with van der Waals surface area (Å²) in [6, 6.07) is 10.3. The SMILES string of the molecule is CC(O)c1cc(C#N)ccc1F.CC(O)c1cc(CN)ccc1F. The molecule has 0 aliphatic rings. The molecule has 0 spiro atoms. The average molecular weight is 334 g/mol. The van der Waals surface area contributed by atoms with Crippen LogP contribution in [0.3, 0.4) is 0 Å². The van der Waals surface area contributed by atoms with E-state index in [9.17, 15) is 8.78 Å². The first kappa shape index (κ1) is 19.7. The lowest BCUT2D eigenvalue weighted by atomic mass is 10.1. The first-order chi connectivity index (χ1) is 11.3. The van der Waals surface area contributed by atoms with E-state index in [-0.39, 0.29) is 11.4 Å². The Labute approximate surface area is 139 Å². The number of rotatable bonds is 3. The fraction of sp³-hybridized carbons (Fsp3) is 0.278. The Morgan fingerprint density at radius 2 is 1.50 bits per heavy atom. The van der Waals surface area contributed by atoms with Gasteiger partial charge >= 0.3 is 0 Å². The van der Waals surface area contributed by atoms with Crippen LogP contribution in [0.5, 0.6) is 0 Å². The highest BCUT2D eigenvalue weighted by Gasteiger charge is 2.08. The first-order valence-electron chi connectivity index (χ1n) is 7.34. The van der Waals surface area contributed by atoms with Crippen LogP contribution in [0.4, 0.5) is 8.78 Å². The van der Waals surface area contributed by atoms with E-state index < -0.39 is 18.0 Å². The molecule has 4 nitrogen and oxygen atoms in total. The van der Waals surface area contributed by atoms with Gasteiger partial charge in [-0.05, 0) is 49.7 Å². The van der Waals surface area contributed by atoms with Crippen molar-refractivity contribution in [1.29, 1.82) is 5.26 Å². The van der Waals surface area contributed by atoms with Gasteiger partial charge in [-0.1, -0.05) is 6.07 Å². The van der Waals surface area contributed by atoms with Crippen molar-refractivity contribution < 1.29 is 19.0 Å². The number of nitriles is 1. The highest BCUT2D eigenvalue weighted by molar-refractivity contribution is 5.34. The van der Waals surface area contributed by atoms with Gasteiger partial charge in [0.05, 0.1) is 23.8 Å². The normalized spacial score (nSPS) is 12.6. The van der Waals surface area contributed by atoms with Gasteiger partial charge in [0.2, 0.25) is 0 Å². The molecule has 128 valence electrons. The predicted octanol–water partition coefficient (Wildman–Crippen LogP) is 3.09. The summed E-state index contributed by atoms with van der Waals surface area (Å²) in [7, 11) is 0. The molecule has 2 atom stereocenters. The molecular weight excluding hydrogens is 314 g/mol. The summed E-state index contributed by atoms with van der Waals surface area (Å²) in [5.41, 5.74) is 7.01. The molecular formula is C18H20F2N2O2. The highest BCUT2D eigenvalue weighted by Crippen LogP contribution is 2.18. The van der Waals surface area contributed by atoms with Crippen LogP contribution in [-0.2, 0) is 6.54 Å². The highest BCUT2D eigenvalue weighted by atomic mass is 19.1. The third kappa shape index (κ3) is 5.39. The fourth-order valence-electron chi connectivity index (χ4n) is 1.97. The summed E-state index contributed by atoms with van der Waals surface area (Å²) in [5.74, 6) is -0.869. The third-order valence-corrected chi connectivity index (χ3v) is 3.32. The summed E-state index contributed by atoms with van der Waals surface area (Å²) in [6.07, 6.45) is -1.66. The molecule has 0 bridgehead atoms. The largest absolute Gasteiger partial charge is 0.389 e. The van der Waals surface area contributed by atoms with Crippen molar-refractivity contribution in [3.05, 3.63) is 70.3 Å². The van der Waals surface area contributed by atoms with E-state index in [4.69, 9.17) is 21.2 Å². The number of halogens is 2. The Kier molecular flexibility index (Phi) is 7.46. The summed E-state index contributed by atoms with van der Waals surface area (Å²) in [4.78, 5) is 0. The molecule has 0 radical (unpaired) electrons. The Bertz CT molecular complexity index is 725. The molecule has 24 heavy (non-hydrogen) atoms. The third-order valence-electron chi connectivity index (χ3n) is 3.32. The van der Waals surface area contributed by atoms with Crippen LogP contribution in [0.25, 0.3) is 0 Å². The molecule has 0 aliphatic heterocycles. The number of benzene rings is 2. The molecule has 0 amide bonds. The number of aliphatic hydroxyl groups is 2. The van der Waals surface area contributed by atoms with Gasteiger partial charge in [0.15, 0.2) is 0 Å². The summed E-state index contributed by atoms with van der Waals surface area (Å²) in [6.45, 7) is 3.35. The zero-order chi connectivity index (χ0) is 18.3. The quantitative estimate of drug-likeness (QED) is 0.804. The molecule has 2 rings (SSSR count). The van der Waals surface area contributed by atoms with Crippen LogP contribution < -0.4 is 5.73 Å². The van der Waals surface area contributed by atoms with E-state index in [0.717, 1.165) is 5.56 Å². The molecule has 0 saturated heterocycles. The van der Waals surface area contributed by atoms with Crippen LogP contribution >= 0.6 is 0 Å². The van der Waals surface area contributed by atoms with Gasteiger partial charge in [0.25, 0.3) is 0 Å². The van der Waals surface area contributed by atoms with Gasteiger partial charge in [-0.3, -0.25) is 0 Å². The molecule has 0 fully saturated rings. The van der Waals surface area contributed by atoms with Crippen LogP contribution in [-0.4, -0.2) is 10.2 Å². The number of hydrogen-bond donors (Lipinski definition) is 3. The van der Waals surface area contributed by atoms with Crippen LogP contribution in [0, 0.1) is 23.0 Å². The van der Waals surface area contributed by atoms with Crippen molar-refractivity contribution in [2.24, 2.45) is 5.73 Å². The minimum Gasteiger partial charge on any atom is -0.389 e. The van der Waals surface area contributed by atoms with Gasteiger partial charge in [-0.2, -0.15) is 5.26 Å².